The number of carbonyl (C=O) groups excluding carboxylic acids is 1. The van der Waals surface area contributed by atoms with Crippen LogP contribution in [-0.4, -0.2) is 36.2 Å². The van der Waals surface area contributed by atoms with Crippen molar-refractivity contribution >= 4 is 23.5 Å². The Morgan fingerprint density at radius 1 is 1.21 bits per heavy atom. The molecule has 1 amide bonds. The van der Waals surface area contributed by atoms with Gasteiger partial charge in [-0.05, 0) is 25.0 Å². The average molecular weight is 411 g/mol. The molecule has 4 rings (SSSR count). The SMILES string of the molecule is CCc1nnc(SCC(=O)Nc2cc(C3CCCC3)nn2-c2ccccc2)n1C. The molecule has 2 aromatic heterocycles. The van der Waals surface area contributed by atoms with Gasteiger partial charge in [-0.15, -0.1) is 10.2 Å². The van der Waals surface area contributed by atoms with Crippen molar-refractivity contribution in [3.05, 3.63) is 47.9 Å². The molecule has 29 heavy (non-hydrogen) atoms. The van der Waals surface area contributed by atoms with E-state index in [1.54, 1.807) is 0 Å². The topological polar surface area (TPSA) is 77.6 Å². The Labute approximate surface area is 174 Å². The van der Waals surface area contributed by atoms with Crippen molar-refractivity contribution in [3.63, 3.8) is 0 Å². The van der Waals surface area contributed by atoms with Crippen LogP contribution in [0.4, 0.5) is 5.82 Å². The summed E-state index contributed by atoms with van der Waals surface area (Å²) in [6, 6.07) is 12.0. The minimum absolute atomic E-state index is 0.0777. The van der Waals surface area contributed by atoms with E-state index in [4.69, 9.17) is 5.10 Å². The van der Waals surface area contributed by atoms with Gasteiger partial charge in [-0.3, -0.25) is 4.79 Å². The molecule has 0 atom stereocenters. The lowest BCUT2D eigenvalue weighted by atomic mass is 10.0. The van der Waals surface area contributed by atoms with Crippen LogP contribution in [-0.2, 0) is 18.3 Å². The van der Waals surface area contributed by atoms with Gasteiger partial charge in [-0.1, -0.05) is 49.7 Å². The number of hydrogen-bond donors (Lipinski definition) is 1. The maximum Gasteiger partial charge on any atom is 0.236 e. The summed E-state index contributed by atoms with van der Waals surface area (Å²) in [5.41, 5.74) is 2.01. The summed E-state index contributed by atoms with van der Waals surface area (Å²) < 4.78 is 3.78. The van der Waals surface area contributed by atoms with Crippen LogP contribution in [0.25, 0.3) is 5.69 Å². The lowest BCUT2D eigenvalue weighted by molar-refractivity contribution is -0.113. The van der Waals surface area contributed by atoms with Crippen molar-refractivity contribution in [1.82, 2.24) is 24.5 Å². The summed E-state index contributed by atoms with van der Waals surface area (Å²) in [6.07, 6.45) is 5.65. The highest BCUT2D eigenvalue weighted by Gasteiger charge is 2.22. The number of benzene rings is 1. The highest BCUT2D eigenvalue weighted by atomic mass is 32.2. The molecular formula is C21H26N6OS. The number of anilines is 1. The summed E-state index contributed by atoms with van der Waals surface area (Å²) in [5, 5.41) is 16.9. The van der Waals surface area contributed by atoms with E-state index in [0.717, 1.165) is 34.6 Å². The number of rotatable bonds is 7. The highest BCUT2D eigenvalue weighted by Crippen LogP contribution is 2.35. The van der Waals surface area contributed by atoms with E-state index in [-0.39, 0.29) is 11.7 Å². The van der Waals surface area contributed by atoms with Crippen LogP contribution in [0.5, 0.6) is 0 Å². The first kappa shape index (κ1) is 19.7. The van der Waals surface area contributed by atoms with Crippen LogP contribution in [0.15, 0.2) is 41.6 Å². The van der Waals surface area contributed by atoms with E-state index >= 15 is 0 Å². The molecule has 0 saturated heterocycles. The average Bonchev–Trinajstić information content (AvgIpc) is 3.47. The number of aromatic nitrogens is 5. The van der Waals surface area contributed by atoms with Gasteiger partial charge >= 0.3 is 0 Å². The third kappa shape index (κ3) is 4.37. The lowest BCUT2D eigenvalue weighted by Crippen LogP contribution is -2.17. The van der Waals surface area contributed by atoms with Crippen LogP contribution >= 0.6 is 11.8 Å². The standard InChI is InChI=1S/C21H26N6OS/c1-3-18-23-24-21(26(18)2)29-14-20(28)22-19-13-17(15-9-7-8-10-15)25-27(19)16-11-5-4-6-12-16/h4-6,11-13,15H,3,7-10,14H2,1-2H3,(H,22,28). The van der Waals surface area contributed by atoms with Gasteiger partial charge in [0, 0.05) is 25.5 Å². The molecule has 0 bridgehead atoms. The first-order valence-electron chi connectivity index (χ1n) is 10.1. The van der Waals surface area contributed by atoms with Gasteiger partial charge in [-0.2, -0.15) is 5.10 Å². The molecule has 1 N–H and O–H groups in total. The molecule has 0 spiro atoms. The fourth-order valence-electron chi connectivity index (χ4n) is 3.76. The number of amides is 1. The zero-order valence-corrected chi connectivity index (χ0v) is 17.7. The van der Waals surface area contributed by atoms with E-state index in [9.17, 15) is 4.79 Å². The Morgan fingerprint density at radius 3 is 2.66 bits per heavy atom. The highest BCUT2D eigenvalue weighted by molar-refractivity contribution is 7.99. The molecule has 0 radical (unpaired) electrons. The Kier molecular flexibility index (Phi) is 5.99. The minimum Gasteiger partial charge on any atom is -0.310 e. The molecule has 7 nitrogen and oxygen atoms in total. The van der Waals surface area contributed by atoms with Gasteiger partial charge in [0.25, 0.3) is 0 Å². The monoisotopic (exact) mass is 410 g/mol. The lowest BCUT2D eigenvalue weighted by Gasteiger charge is -2.09. The minimum atomic E-state index is -0.0777. The Morgan fingerprint density at radius 2 is 1.97 bits per heavy atom. The predicted molar refractivity (Wildman–Crippen MR) is 115 cm³/mol. The number of hydrogen-bond acceptors (Lipinski definition) is 5. The molecule has 1 saturated carbocycles. The molecule has 0 unspecified atom stereocenters. The molecule has 152 valence electrons. The van der Waals surface area contributed by atoms with Crippen LogP contribution in [0, 0.1) is 0 Å². The molecule has 0 aliphatic heterocycles. The van der Waals surface area contributed by atoms with Gasteiger partial charge in [0.05, 0.1) is 17.1 Å². The number of aryl methyl sites for hydroxylation is 1. The third-order valence-electron chi connectivity index (χ3n) is 5.34. The number of nitrogens with one attached hydrogen (secondary N) is 1. The van der Waals surface area contributed by atoms with Gasteiger partial charge < -0.3 is 9.88 Å². The largest absolute Gasteiger partial charge is 0.310 e. The normalized spacial score (nSPS) is 14.4. The predicted octanol–water partition coefficient (Wildman–Crippen LogP) is 3.95. The van der Waals surface area contributed by atoms with Crippen molar-refractivity contribution < 1.29 is 4.79 Å². The molecule has 8 heteroatoms. The zero-order chi connectivity index (χ0) is 20.2. The van der Waals surface area contributed by atoms with Crippen molar-refractivity contribution in [2.24, 2.45) is 7.05 Å². The van der Waals surface area contributed by atoms with Crippen LogP contribution < -0.4 is 5.32 Å². The second-order valence-corrected chi connectivity index (χ2v) is 8.27. The number of para-hydroxylation sites is 1. The van der Waals surface area contributed by atoms with E-state index in [1.807, 2.05) is 59.6 Å². The third-order valence-corrected chi connectivity index (χ3v) is 6.36. The van der Waals surface area contributed by atoms with Gasteiger partial charge in [-0.25, -0.2) is 4.68 Å². The first-order valence-corrected chi connectivity index (χ1v) is 11.1. The second kappa shape index (κ2) is 8.82. The maximum atomic E-state index is 12.7. The fraction of sp³-hybridized carbons (Fsp3) is 0.429. The van der Waals surface area contributed by atoms with Crippen molar-refractivity contribution in [1.29, 1.82) is 0 Å². The molecule has 1 fully saturated rings. The fourth-order valence-corrected chi connectivity index (χ4v) is 4.49. The maximum absolute atomic E-state index is 12.7. The number of nitrogens with zero attached hydrogens (tertiary/aromatic N) is 5. The van der Waals surface area contributed by atoms with E-state index in [1.165, 1.54) is 37.4 Å². The van der Waals surface area contributed by atoms with Gasteiger partial charge in [0.15, 0.2) is 5.16 Å². The molecule has 2 heterocycles. The number of carbonyl (C=O) groups is 1. The van der Waals surface area contributed by atoms with Crippen molar-refractivity contribution in [3.8, 4) is 5.69 Å². The summed E-state index contributed by atoms with van der Waals surface area (Å²) in [5.74, 6) is 2.31. The Bertz CT molecular complexity index is 974. The summed E-state index contributed by atoms with van der Waals surface area (Å²) in [6.45, 7) is 2.04. The zero-order valence-electron chi connectivity index (χ0n) is 16.8. The number of thioether (sulfide) groups is 1. The molecule has 1 aromatic carbocycles. The smallest absolute Gasteiger partial charge is 0.236 e. The Hall–Kier alpha value is -2.61. The first-order chi connectivity index (χ1) is 14.2. The molecule has 1 aliphatic rings. The molecular weight excluding hydrogens is 384 g/mol. The van der Waals surface area contributed by atoms with Crippen LogP contribution in [0.1, 0.15) is 50.0 Å². The van der Waals surface area contributed by atoms with Gasteiger partial charge in [0.2, 0.25) is 5.91 Å². The van der Waals surface area contributed by atoms with Crippen molar-refractivity contribution in [2.75, 3.05) is 11.1 Å². The van der Waals surface area contributed by atoms with E-state index < -0.39 is 0 Å². The molecule has 1 aliphatic carbocycles. The Balaban J connectivity index is 1.50. The van der Waals surface area contributed by atoms with Crippen molar-refractivity contribution in [2.45, 2.75) is 50.1 Å². The summed E-state index contributed by atoms with van der Waals surface area (Å²) in [4.78, 5) is 12.7. The van der Waals surface area contributed by atoms with Crippen LogP contribution in [0.3, 0.4) is 0 Å². The van der Waals surface area contributed by atoms with Crippen LogP contribution in [0.2, 0.25) is 0 Å². The van der Waals surface area contributed by atoms with Gasteiger partial charge in [0.1, 0.15) is 11.6 Å². The second-order valence-electron chi connectivity index (χ2n) is 7.33. The summed E-state index contributed by atoms with van der Waals surface area (Å²) >= 11 is 1.39. The van der Waals surface area contributed by atoms with E-state index in [0.29, 0.717) is 5.92 Å². The van der Waals surface area contributed by atoms with E-state index in [2.05, 4.69) is 15.5 Å². The quantitative estimate of drug-likeness (QED) is 0.597. The summed E-state index contributed by atoms with van der Waals surface area (Å²) in [7, 11) is 1.93. The molecule has 3 aromatic rings.